The zero-order valence-electron chi connectivity index (χ0n) is 21.4. The van der Waals surface area contributed by atoms with Gasteiger partial charge in [-0.15, -0.1) is 0 Å². The van der Waals surface area contributed by atoms with E-state index in [-0.39, 0.29) is 18.7 Å². The highest BCUT2D eigenvalue weighted by Crippen LogP contribution is 2.37. The monoisotopic (exact) mass is 478 g/mol. The maximum absolute atomic E-state index is 11.6. The Hall–Kier alpha value is -2.28. The number of hydrogen-bond donors (Lipinski definition) is 3. The van der Waals surface area contributed by atoms with E-state index in [1.807, 2.05) is 13.8 Å². The number of carbonyl (C=O) groups excluding carboxylic acids is 1. The predicted octanol–water partition coefficient (Wildman–Crippen LogP) is 6.73. The third-order valence-electron chi connectivity index (χ3n) is 6.79. The minimum Gasteiger partial charge on any atom is -0.497 e. The number of carboxylic acids is 1. The molecule has 1 aromatic rings. The second kappa shape index (κ2) is 16.4. The van der Waals surface area contributed by atoms with Crippen LogP contribution in [-0.4, -0.2) is 30.3 Å². The van der Waals surface area contributed by atoms with Gasteiger partial charge in [0.15, 0.2) is 0 Å². The van der Waals surface area contributed by atoms with E-state index in [1.165, 1.54) is 38.5 Å². The number of rotatable bonds is 8. The molecule has 2 saturated carbocycles. The van der Waals surface area contributed by atoms with Gasteiger partial charge in [0.2, 0.25) is 0 Å². The number of benzene rings is 1. The van der Waals surface area contributed by atoms with E-state index in [4.69, 9.17) is 14.6 Å². The lowest BCUT2D eigenvalue weighted by atomic mass is 9.73. The summed E-state index contributed by atoms with van der Waals surface area (Å²) in [6, 6.07) is 6.13. The largest absolute Gasteiger partial charge is 0.497 e. The quantitative estimate of drug-likeness (QED) is 0.381. The molecule has 0 unspecified atom stereocenters. The highest BCUT2D eigenvalue weighted by Gasteiger charge is 2.24. The van der Waals surface area contributed by atoms with Crippen molar-refractivity contribution in [2.45, 2.75) is 97.1 Å². The molecule has 0 saturated heterocycles. The maximum Gasteiger partial charge on any atom is 0.408 e. The molecular weight excluding hydrogens is 432 g/mol. The number of aliphatic carboxylic acids is 1. The van der Waals surface area contributed by atoms with Crippen LogP contribution in [0.4, 0.5) is 4.79 Å². The summed E-state index contributed by atoms with van der Waals surface area (Å²) in [5, 5.41) is 11.4. The Morgan fingerprint density at radius 2 is 1.44 bits per heavy atom. The van der Waals surface area contributed by atoms with E-state index in [1.54, 1.807) is 57.1 Å². The molecule has 2 fully saturated rings. The van der Waals surface area contributed by atoms with E-state index in [0.29, 0.717) is 12.2 Å². The van der Waals surface area contributed by atoms with Crippen molar-refractivity contribution in [3.05, 3.63) is 29.8 Å². The van der Waals surface area contributed by atoms with Crippen molar-refractivity contribution in [1.29, 1.82) is 0 Å². The van der Waals surface area contributed by atoms with Gasteiger partial charge < -0.3 is 26.0 Å². The molecule has 2 aliphatic carbocycles. The number of amides is 1. The van der Waals surface area contributed by atoms with Gasteiger partial charge in [0.05, 0.1) is 7.11 Å². The third-order valence-corrected chi connectivity index (χ3v) is 6.79. The van der Waals surface area contributed by atoms with Crippen LogP contribution < -0.4 is 16.2 Å². The molecule has 0 heterocycles. The van der Waals surface area contributed by atoms with Crippen LogP contribution in [0.5, 0.6) is 5.75 Å². The van der Waals surface area contributed by atoms with E-state index in [9.17, 15) is 9.59 Å². The van der Waals surface area contributed by atoms with Crippen molar-refractivity contribution in [3.63, 3.8) is 0 Å². The lowest BCUT2D eigenvalue weighted by Crippen LogP contribution is -2.41. The fraction of sp³-hybridized carbons (Fsp3) is 0.704. The average Bonchev–Trinajstić information content (AvgIpc) is 2.84. The van der Waals surface area contributed by atoms with Crippen LogP contribution in [0, 0.1) is 17.8 Å². The summed E-state index contributed by atoms with van der Waals surface area (Å²) in [6.45, 7) is 3.85. The van der Waals surface area contributed by atoms with Gasteiger partial charge in [0.1, 0.15) is 18.4 Å². The molecule has 0 aromatic heterocycles. The first kappa shape index (κ1) is 29.8. The van der Waals surface area contributed by atoms with Crippen LogP contribution in [0.2, 0.25) is 0 Å². The number of alkyl carbamates (subject to hydrolysis) is 1. The normalized spacial score (nSPS) is 17.5. The van der Waals surface area contributed by atoms with Crippen molar-refractivity contribution >= 4 is 12.1 Å². The smallest absolute Gasteiger partial charge is 0.408 e. The minimum absolute atomic E-state index is 0. The number of methoxy groups -OCH3 is 1. The standard InChI is InChI=1S/C15H21NO5.C12H22.H3N/c1-10(2)8-13(14(17)18)16-15(19)21-9-11-4-6-12(20-3)7-5-11;1-3-7-11(8-4-1)12-9-5-2-6-10-12;/h4-7,10,13H,8-9H2,1-3H3,(H,16,19)(H,17,18);11-12H,1-10H2;1H3/t13-;;/m0../s1. The topological polar surface area (TPSA) is 120 Å². The predicted molar refractivity (Wildman–Crippen MR) is 135 cm³/mol. The fourth-order valence-electron chi connectivity index (χ4n) is 4.96. The molecule has 0 radical (unpaired) electrons. The van der Waals surface area contributed by atoms with Gasteiger partial charge in [-0.1, -0.05) is 90.2 Å². The molecule has 194 valence electrons. The molecule has 0 aliphatic heterocycles. The summed E-state index contributed by atoms with van der Waals surface area (Å²) in [5.74, 6) is 2.09. The van der Waals surface area contributed by atoms with Crippen LogP contribution >= 0.6 is 0 Å². The molecule has 3 rings (SSSR count). The van der Waals surface area contributed by atoms with Gasteiger partial charge in [-0.3, -0.25) is 0 Å². The molecule has 1 amide bonds. The molecule has 0 bridgehead atoms. The molecule has 5 N–H and O–H groups in total. The third kappa shape index (κ3) is 11.2. The number of hydrogen-bond acceptors (Lipinski definition) is 5. The Morgan fingerprint density at radius 3 is 1.85 bits per heavy atom. The second-order valence-electron chi connectivity index (χ2n) is 9.89. The Morgan fingerprint density at radius 1 is 0.941 bits per heavy atom. The Balaban J connectivity index is 0.000000375. The van der Waals surface area contributed by atoms with Gasteiger partial charge in [-0.25, -0.2) is 9.59 Å². The van der Waals surface area contributed by atoms with Crippen LogP contribution in [-0.2, 0) is 16.1 Å². The second-order valence-corrected chi connectivity index (χ2v) is 9.89. The summed E-state index contributed by atoms with van der Waals surface area (Å²) in [4.78, 5) is 22.6. The number of carbonyl (C=O) groups is 2. The first-order chi connectivity index (χ1) is 15.9. The lowest BCUT2D eigenvalue weighted by Gasteiger charge is -2.32. The van der Waals surface area contributed by atoms with Crippen LogP contribution in [0.1, 0.15) is 90.0 Å². The first-order valence-electron chi connectivity index (χ1n) is 12.7. The molecule has 7 nitrogen and oxygen atoms in total. The Labute approximate surface area is 205 Å². The fourth-order valence-corrected chi connectivity index (χ4v) is 4.96. The summed E-state index contributed by atoms with van der Waals surface area (Å²) in [5.41, 5.74) is 0.793. The molecule has 7 heteroatoms. The lowest BCUT2D eigenvalue weighted by molar-refractivity contribution is -0.139. The number of carboxylic acid groups (broad SMARTS) is 1. The van der Waals surface area contributed by atoms with Gasteiger partial charge in [-0.2, -0.15) is 0 Å². The highest BCUT2D eigenvalue weighted by molar-refractivity contribution is 5.79. The average molecular weight is 479 g/mol. The van der Waals surface area contributed by atoms with Crippen molar-refractivity contribution in [2.75, 3.05) is 7.11 Å². The Kier molecular flexibility index (Phi) is 14.3. The highest BCUT2D eigenvalue weighted by atomic mass is 16.5. The van der Waals surface area contributed by atoms with E-state index in [0.717, 1.165) is 17.4 Å². The number of nitrogens with one attached hydrogen (secondary N) is 1. The molecule has 34 heavy (non-hydrogen) atoms. The van der Waals surface area contributed by atoms with Gasteiger partial charge >= 0.3 is 12.1 Å². The zero-order chi connectivity index (χ0) is 24.1. The molecular formula is C27H46N2O5. The van der Waals surface area contributed by atoms with Gasteiger partial charge in [0, 0.05) is 0 Å². The molecule has 2 aliphatic rings. The van der Waals surface area contributed by atoms with Crippen molar-refractivity contribution in [1.82, 2.24) is 11.5 Å². The molecule has 1 atom stereocenters. The summed E-state index contributed by atoms with van der Waals surface area (Å²) >= 11 is 0. The first-order valence-corrected chi connectivity index (χ1v) is 12.7. The van der Waals surface area contributed by atoms with Crippen molar-refractivity contribution < 1.29 is 24.2 Å². The van der Waals surface area contributed by atoms with Crippen molar-refractivity contribution in [2.24, 2.45) is 17.8 Å². The van der Waals surface area contributed by atoms with Crippen LogP contribution in [0.15, 0.2) is 24.3 Å². The van der Waals surface area contributed by atoms with Crippen LogP contribution in [0.25, 0.3) is 0 Å². The summed E-state index contributed by atoms with van der Waals surface area (Å²) in [7, 11) is 1.57. The summed E-state index contributed by atoms with van der Waals surface area (Å²) in [6.07, 6.45) is 15.0. The number of ether oxygens (including phenoxy) is 2. The zero-order valence-corrected chi connectivity index (χ0v) is 21.4. The van der Waals surface area contributed by atoms with E-state index in [2.05, 4.69) is 5.32 Å². The van der Waals surface area contributed by atoms with Crippen molar-refractivity contribution in [3.8, 4) is 5.75 Å². The SMILES string of the molecule is C1CCC(C2CCCCC2)CC1.COc1ccc(COC(=O)N[C@@H](CC(C)C)C(=O)O)cc1.N. The maximum atomic E-state index is 11.6. The molecule has 0 spiro atoms. The minimum atomic E-state index is -1.06. The molecule has 1 aromatic carbocycles. The van der Waals surface area contributed by atoms with E-state index >= 15 is 0 Å². The Bertz CT molecular complexity index is 679. The van der Waals surface area contributed by atoms with Crippen LogP contribution in [0.3, 0.4) is 0 Å². The van der Waals surface area contributed by atoms with Gasteiger partial charge in [-0.05, 0) is 41.9 Å². The van der Waals surface area contributed by atoms with Gasteiger partial charge in [0.25, 0.3) is 0 Å². The van der Waals surface area contributed by atoms with E-state index < -0.39 is 18.1 Å². The summed E-state index contributed by atoms with van der Waals surface area (Å²) < 4.78 is 10.0.